The van der Waals surface area contributed by atoms with E-state index in [-0.39, 0.29) is 29.0 Å². The fourth-order valence-corrected chi connectivity index (χ4v) is 7.99. The van der Waals surface area contributed by atoms with E-state index in [1.165, 1.54) is 9.47 Å². The lowest BCUT2D eigenvalue weighted by Crippen LogP contribution is -2.33. The van der Waals surface area contributed by atoms with Crippen molar-refractivity contribution < 1.29 is 19.1 Å². The molecule has 2 amide bonds. The summed E-state index contributed by atoms with van der Waals surface area (Å²) in [4.78, 5) is 54.1. The van der Waals surface area contributed by atoms with E-state index in [0.717, 1.165) is 27.6 Å². The van der Waals surface area contributed by atoms with E-state index >= 15 is 0 Å². The molecular weight excluding hydrogens is 611 g/mol. The number of amides is 2. The van der Waals surface area contributed by atoms with Crippen LogP contribution in [0.15, 0.2) is 56.8 Å². The van der Waals surface area contributed by atoms with Gasteiger partial charge in [0.2, 0.25) is 11.8 Å². The van der Waals surface area contributed by atoms with E-state index in [2.05, 4.69) is 15.9 Å². The number of fused-ring (bicyclic) bond motifs is 2. The van der Waals surface area contributed by atoms with Crippen LogP contribution in [0.4, 0.5) is 5.69 Å². The summed E-state index contributed by atoms with van der Waals surface area (Å²) in [5.74, 6) is -2.86. The van der Waals surface area contributed by atoms with Crippen LogP contribution in [0.3, 0.4) is 0 Å². The monoisotopic (exact) mass is 626 g/mol. The minimum absolute atomic E-state index is 0.174. The van der Waals surface area contributed by atoms with Crippen molar-refractivity contribution in [2.24, 2.45) is 5.92 Å². The number of carbonyl (C=O) groups is 3. The highest BCUT2D eigenvalue weighted by atomic mass is 79.9. The molecule has 36 heavy (non-hydrogen) atoms. The number of esters is 1. The van der Waals surface area contributed by atoms with Gasteiger partial charge in [-0.2, -0.15) is 0 Å². The number of hydrogen-bond donors (Lipinski definition) is 0. The molecule has 0 aliphatic carbocycles. The van der Waals surface area contributed by atoms with Crippen LogP contribution in [-0.2, 0) is 25.7 Å². The second-order valence-corrected chi connectivity index (χ2v) is 11.9. The maximum atomic E-state index is 13.8. The normalized spacial score (nSPS) is 20.9. The lowest BCUT2D eigenvalue weighted by atomic mass is 9.83. The number of anilines is 1. The zero-order valence-electron chi connectivity index (χ0n) is 18.6. The SMILES string of the molecule is CCOC(=O)Cn1c2c(sc1=O)[C@H](c1cccc(Cl)c1Cl)C1C(=O)N(c3ccc(Br)cc3)C(=O)C1S2. The summed E-state index contributed by atoms with van der Waals surface area (Å²) in [5.41, 5.74) is 0.996. The quantitative estimate of drug-likeness (QED) is 0.281. The van der Waals surface area contributed by atoms with Gasteiger partial charge in [0.1, 0.15) is 11.8 Å². The molecule has 3 heterocycles. The molecule has 7 nitrogen and oxygen atoms in total. The fraction of sp³-hybridized carbons (Fsp3) is 0.250. The Morgan fingerprint density at radius 1 is 1.08 bits per heavy atom. The minimum atomic E-state index is -0.823. The van der Waals surface area contributed by atoms with Crippen LogP contribution in [0.1, 0.15) is 23.3 Å². The second-order valence-electron chi connectivity index (χ2n) is 8.10. The summed E-state index contributed by atoms with van der Waals surface area (Å²) in [6, 6.07) is 12.0. The van der Waals surface area contributed by atoms with Gasteiger partial charge < -0.3 is 4.74 Å². The van der Waals surface area contributed by atoms with Crippen molar-refractivity contribution in [2.75, 3.05) is 11.5 Å². The number of ether oxygens (including phenoxy) is 1. The predicted octanol–water partition coefficient (Wildman–Crippen LogP) is 5.34. The molecule has 0 N–H and O–H groups in total. The molecule has 0 radical (unpaired) electrons. The zero-order valence-corrected chi connectivity index (χ0v) is 23.3. The number of thioether (sulfide) groups is 1. The van der Waals surface area contributed by atoms with Crippen molar-refractivity contribution in [2.45, 2.75) is 29.7 Å². The topological polar surface area (TPSA) is 85.7 Å². The van der Waals surface area contributed by atoms with Crippen molar-refractivity contribution in [3.63, 3.8) is 0 Å². The van der Waals surface area contributed by atoms with E-state index in [4.69, 9.17) is 27.9 Å². The van der Waals surface area contributed by atoms with Gasteiger partial charge in [-0.3, -0.25) is 23.7 Å². The Balaban J connectivity index is 1.68. The van der Waals surface area contributed by atoms with Crippen molar-refractivity contribution in [1.82, 2.24) is 4.57 Å². The summed E-state index contributed by atoms with van der Waals surface area (Å²) in [5, 5.41) is 0.182. The average Bonchev–Trinajstić information content (AvgIpc) is 3.28. The Morgan fingerprint density at radius 2 is 1.81 bits per heavy atom. The molecule has 0 saturated carbocycles. The van der Waals surface area contributed by atoms with Gasteiger partial charge in [0.05, 0.1) is 33.3 Å². The Morgan fingerprint density at radius 3 is 2.50 bits per heavy atom. The summed E-state index contributed by atoms with van der Waals surface area (Å²) in [6.45, 7) is 1.56. The lowest BCUT2D eigenvalue weighted by Gasteiger charge is -2.31. The Hall–Kier alpha value is -2.11. The molecule has 1 aromatic heterocycles. The number of benzene rings is 2. The van der Waals surface area contributed by atoms with E-state index in [9.17, 15) is 19.2 Å². The van der Waals surface area contributed by atoms with Crippen molar-refractivity contribution in [3.05, 3.63) is 77.1 Å². The van der Waals surface area contributed by atoms with Crippen LogP contribution in [0, 0.1) is 5.92 Å². The molecule has 2 aromatic carbocycles. The van der Waals surface area contributed by atoms with Crippen LogP contribution >= 0.6 is 62.2 Å². The van der Waals surface area contributed by atoms with Crippen molar-refractivity contribution >= 4 is 85.7 Å². The summed E-state index contributed by atoms with van der Waals surface area (Å²) < 4.78 is 7.16. The second kappa shape index (κ2) is 9.98. The van der Waals surface area contributed by atoms with Gasteiger partial charge in [0.15, 0.2) is 0 Å². The number of nitrogens with zero attached hydrogens (tertiary/aromatic N) is 2. The number of halogens is 3. The summed E-state index contributed by atoms with van der Waals surface area (Å²) in [7, 11) is 0. The Bertz CT molecular complexity index is 1460. The molecule has 0 spiro atoms. The van der Waals surface area contributed by atoms with Crippen LogP contribution in [0.2, 0.25) is 10.0 Å². The first kappa shape index (κ1) is 25.5. The van der Waals surface area contributed by atoms with Crippen LogP contribution in [0.5, 0.6) is 0 Å². The number of aromatic nitrogens is 1. The fourth-order valence-electron chi connectivity index (χ4n) is 4.53. The molecule has 1 fully saturated rings. The van der Waals surface area contributed by atoms with Gasteiger partial charge in [-0.05, 0) is 42.8 Å². The highest BCUT2D eigenvalue weighted by Crippen LogP contribution is 2.55. The highest BCUT2D eigenvalue weighted by Gasteiger charge is 2.57. The van der Waals surface area contributed by atoms with Crippen molar-refractivity contribution in [1.29, 1.82) is 0 Å². The maximum absolute atomic E-state index is 13.8. The van der Waals surface area contributed by atoms with E-state index < -0.39 is 29.0 Å². The van der Waals surface area contributed by atoms with Gasteiger partial charge in [0.25, 0.3) is 0 Å². The number of carbonyl (C=O) groups excluding carboxylic acids is 3. The van der Waals surface area contributed by atoms with Gasteiger partial charge in [-0.1, -0.05) is 74.4 Å². The average molecular weight is 628 g/mol. The molecule has 5 rings (SSSR count). The Labute approximate surface area is 232 Å². The molecule has 1 saturated heterocycles. The number of thiazole rings is 1. The third-order valence-corrected chi connectivity index (χ3v) is 10.0. The van der Waals surface area contributed by atoms with Gasteiger partial charge in [-0.25, -0.2) is 4.90 Å². The molecular formula is C24H17BrCl2N2O5S2. The first-order chi connectivity index (χ1) is 17.2. The molecule has 186 valence electrons. The molecule has 2 aliphatic heterocycles. The smallest absolute Gasteiger partial charge is 0.326 e. The number of imide groups is 1. The van der Waals surface area contributed by atoms with Gasteiger partial charge >= 0.3 is 10.8 Å². The maximum Gasteiger partial charge on any atom is 0.326 e. The summed E-state index contributed by atoms with van der Waals surface area (Å²) >= 11 is 18.4. The van der Waals surface area contributed by atoms with Crippen LogP contribution in [-0.4, -0.2) is 34.2 Å². The van der Waals surface area contributed by atoms with Crippen LogP contribution < -0.4 is 9.77 Å². The highest BCUT2D eigenvalue weighted by molar-refractivity contribution is 9.10. The molecule has 2 aliphatic rings. The lowest BCUT2D eigenvalue weighted by molar-refractivity contribution is -0.144. The molecule has 2 unspecified atom stereocenters. The van der Waals surface area contributed by atoms with Crippen molar-refractivity contribution in [3.8, 4) is 0 Å². The predicted molar refractivity (Wildman–Crippen MR) is 143 cm³/mol. The Kier molecular flexibility index (Phi) is 7.08. The van der Waals surface area contributed by atoms with Crippen LogP contribution in [0.25, 0.3) is 0 Å². The third kappa shape index (κ3) is 4.22. The first-order valence-corrected chi connectivity index (χ1v) is 14.1. The first-order valence-electron chi connectivity index (χ1n) is 10.9. The zero-order chi connectivity index (χ0) is 25.7. The van der Waals surface area contributed by atoms with E-state index in [1.807, 2.05) is 0 Å². The molecule has 0 bridgehead atoms. The number of hydrogen-bond acceptors (Lipinski definition) is 7. The minimum Gasteiger partial charge on any atom is -0.465 e. The number of rotatable bonds is 5. The standard InChI is InChI=1S/C24H17BrCl2N2O5S2/c1-2-34-15(30)10-28-23-20(36-24(28)33)16(13-4-3-5-14(26)18(13)27)17-19(35-23)22(32)29(21(17)31)12-8-6-11(25)7-9-12/h3-9,16-17,19H,2,10H2,1H3/t16-,17?,19?/m1/s1. The molecule has 3 aromatic rings. The largest absolute Gasteiger partial charge is 0.465 e. The molecule has 12 heteroatoms. The van der Waals surface area contributed by atoms with E-state index in [0.29, 0.717) is 26.2 Å². The van der Waals surface area contributed by atoms with Gasteiger partial charge in [-0.15, -0.1) is 0 Å². The molecule has 3 atom stereocenters. The summed E-state index contributed by atoms with van der Waals surface area (Å²) in [6.07, 6.45) is 0. The van der Waals surface area contributed by atoms with Gasteiger partial charge in [0, 0.05) is 15.3 Å². The third-order valence-electron chi connectivity index (χ3n) is 6.04. The van der Waals surface area contributed by atoms with E-state index in [1.54, 1.807) is 49.4 Å².